The Labute approximate surface area is 142 Å². The van der Waals surface area contributed by atoms with E-state index in [1.807, 2.05) is 35.8 Å². The zero-order valence-corrected chi connectivity index (χ0v) is 14.5. The van der Waals surface area contributed by atoms with Crippen LogP contribution in [0.5, 0.6) is 0 Å². The summed E-state index contributed by atoms with van der Waals surface area (Å²) in [7, 11) is 5.62. The highest BCUT2D eigenvalue weighted by Crippen LogP contribution is 2.13. The van der Waals surface area contributed by atoms with Crippen LogP contribution < -0.4 is 15.5 Å². The molecule has 2 N–H and O–H groups in total. The van der Waals surface area contributed by atoms with Gasteiger partial charge in [0.1, 0.15) is 5.82 Å². The molecule has 2 aromatic rings. The number of aryl methyl sites for hydroxylation is 1. The van der Waals surface area contributed by atoms with Gasteiger partial charge in [-0.25, -0.2) is 4.39 Å². The largest absolute Gasteiger partial charge is 0.374 e. The summed E-state index contributed by atoms with van der Waals surface area (Å²) in [5, 5.41) is 10.7. The molecule has 0 aliphatic carbocycles. The van der Waals surface area contributed by atoms with Crippen molar-refractivity contribution in [1.29, 1.82) is 0 Å². The van der Waals surface area contributed by atoms with Crippen LogP contribution in [0.4, 0.5) is 10.1 Å². The number of nitrogens with one attached hydrogen (secondary N) is 2. The van der Waals surface area contributed by atoms with Gasteiger partial charge < -0.3 is 15.5 Å². The van der Waals surface area contributed by atoms with E-state index in [-0.39, 0.29) is 5.82 Å². The summed E-state index contributed by atoms with van der Waals surface area (Å²) in [4.78, 5) is 6.24. The van der Waals surface area contributed by atoms with E-state index in [0.29, 0.717) is 6.54 Å². The molecule has 24 heavy (non-hydrogen) atoms. The van der Waals surface area contributed by atoms with Crippen LogP contribution in [0.15, 0.2) is 41.5 Å². The van der Waals surface area contributed by atoms with Gasteiger partial charge in [-0.05, 0) is 30.7 Å². The summed E-state index contributed by atoms with van der Waals surface area (Å²) >= 11 is 0. The molecule has 0 radical (unpaired) electrons. The minimum Gasteiger partial charge on any atom is -0.374 e. The predicted molar refractivity (Wildman–Crippen MR) is 95.7 cm³/mol. The Hall–Kier alpha value is -2.57. The Morgan fingerprint density at radius 3 is 2.83 bits per heavy atom. The fourth-order valence-corrected chi connectivity index (χ4v) is 2.34. The normalized spacial score (nSPS) is 11.4. The van der Waals surface area contributed by atoms with Crippen LogP contribution in [0.3, 0.4) is 0 Å². The lowest BCUT2D eigenvalue weighted by Crippen LogP contribution is -2.38. The van der Waals surface area contributed by atoms with Crippen LogP contribution in [0, 0.1) is 5.82 Å². The third-order valence-corrected chi connectivity index (χ3v) is 3.79. The summed E-state index contributed by atoms with van der Waals surface area (Å²) in [6.45, 7) is 2.28. The maximum absolute atomic E-state index is 13.2. The van der Waals surface area contributed by atoms with E-state index < -0.39 is 0 Å². The first-order chi connectivity index (χ1) is 11.6. The molecule has 0 saturated heterocycles. The minimum atomic E-state index is -0.211. The number of hydrogen-bond acceptors (Lipinski definition) is 3. The summed E-state index contributed by atoms with van der Waals surface area (Å²) in [5.74, 6) is 0.543. The lowest BCUT2D eigenvalue weighted by atomic mass is 10.2. The molecule has 1 heterocycles. The number of rotatable bonds is 7. The number of nitrogens with zero attached hydrogens (tertiary/aromatic N) is 4. The molecule has 1 aromatic carbocycles. The molecule has 0 saturated carbocycles. The number of hydrogen-bond donors (Lipinski definition) is 2. The number of anilines is 1. The fourth-order valence-electron chi connectivity index (χ4n) is 2.34. The molecule has 0 amide bonds. The molecule has 7 heteroatoms. The average Bonchev–Trinajstić information content (AvgIpc) is 2.99. The quantitative estimate of drug-likeness (QED) is 0.461. The monoisotopic (exact) mass is 332 g/mol. The van der Waals surface area contributed by atoms with Crippen molar-refractivity contribution in [3.05, 3.63) is 48.0 Å². The van der Waals surface area contributed by atoms with Crippen LogP contribution in [0.2, 0.25) is 0 Å². The van der Waals surface area contributed by atoms with Crippen LogP contribution >= 0.6 is 0 Å². The van der Waals surface area contributed by atoms with Gasteiger partial charge in [-0.2, -0.15) is 5.10 Å². The van der Waals surface area contributed by atoms with Crippen LogP contribution in [-0.4, -0.2) is 42.9 Å². The highest BCUT2D eigenvalue weighted by Gasteiger charge is 2.03. The van der Waals surface area contributed by atoms with Gasteiger partial charge in [-0.15, -0.1) is 0 Å². The summed E-state index contributed by atoms with van der Waals surface area (Å²) in [6, 6.07) is 8.60. The Bertz CT molecular complexity index is 667. The second-order valence-corrected chi connectivity index (χ2v) is 5.55. The standard InChI is InChI=1S/C17H25FN6/c1-19-17(21-13-16-8-10-22-24(16)3)20-9-5-11-23(2)15-7-4-6-14(18)12-15/h4,6-8,10,12H,5,9,11,13H2,1-3H3,(H2,19,20,21). The lowest BCUT2D eigenvalue weighted by Gasteiger charge is -2.20. The SMILES string of the molecule is CN=C(NCCCN(C)c1cccc(F)c1)NCc1ccnn1C. The van der Waals surface area contributed by atoms with Crippen molar-refractivity contribution < 1.29 is 4.39 Å². The van der Waals surface area contributed by atoms with E-state index in [1.165, 1.54) is 6.07 Å². The molecule has 0 aliphatic heterocycles. The van der Waals surface area contributed by atoms with E-state index in [4.69, 9.17) is 0 Å². The summed E-state index contributed by atoms with van der Waals surface area (Å²) in [5.41, 5.74) is 1.97. The highest BCUT2D eigenvalue weighted by atomic mass is 19.1. The number of benzene rings is 1. The smallest absolute Gasteiger partial charge is 0.191 e. The Kier molecular flexibility index (Phi) is 6.60. The van der Waals surface area contributed by atoms with Gasteiger partial charge in [-0.1, -0.05) is 6.07 Å². The molecule has 0 atom stereocenters. The van der Waals surface area contributed by atoms with Gasteiger partial charge in [0, 0.05) is 46.1 Å². The van der Waals surface area contributed by atoms with Crippen molar-refractivity contribution in [2.24, 2.45) is 12.0 Å². The van der Waals surface area contributed by atoms with Crippen molar-refractivity contribution in [3.8, 4) is 0 Å². The second-order valence-electron chi connectivity index (χ2n) is 5.55. The van der Waals surface area contributed by atoms with Crippen molar-refractivity contribution in [2.45, 2.75) is 13.0 Å². The van der Waals surface area contributed by atoms with E-state index in [1.54, 1.807) is 25.4 Å². The molecule has 0 fully saturated rings. The van der Waals surface area contributed by atoms with Gasteiger partial charge in [0.25, 0.3) is 0 Å². The van der Waals surface area contributed by atoms with Gasteiger partial charge >= 0.3 is 0 Å². The zero-order chi connectivity index (χ0) is 17.4. The molecule has 2 rings (SSSR count). The van der Waals surface area contributed by atoms with Gasteiger partial charge in [0.2, 0.25) is 0 Å². The van der Waals surface area contributed by atoms with Crippen LogP contribution in [-0.2, 0) is 13.6 Å². The molecule has 1 aromatic heterocycles. The third kappa shape index (κ3) is 5.26. The number of guanidine groups is 1. The first-order valence-corrected chi connectivity index (χ1v) is 7.98. The first-order valence-electron chi connectivity index (χ1n) is 7.98. The van der Waals surface area contributed by atoms with Gasteiger partial charge in [-0.3, -0.25) is 9.67 Å². The molecular weight excluding hydrogens is 307 g/mol. The first kappa shape index (κ1) is 17.8. The van der Waals surface area contributed by atoms with Crippen molar-refractivity contribution in [2.75, 3.05) is 32.1 Å². The fraction of sp³-hybridized carbons (Fsp3) is 0.412. The molecule has 0 aliphatic rings. The minimum absolute atomic E-state index is 0.211. The molecule has 130 valence electrons. The molecular formula is C17H25FN6. The Balaban J connectivity index is 1.69. The van der Waals surface area contributed by atoms with Crippen LogP contribution in [0.1, 0.15) is 12.1 Å². The maximum atomic E-state index is 13.2. The van der Waals surface area contributed by atoms with Gasteiger partial charge in [0.05, 0.1) is 12.2 Å². The number of aromatic nitrogens is 2. The summed E-state index contributed by atoms with van der Waals surface area (Å²) < 4.78 is 15.1. The Morgan fingerprint density at radius 2 is 2.17 bits per heavy atom. The van der Waals surface area contributed by atoms with E-state index in [9.17, 15) is 4.39 Å². The highest BCUT2D eigenvalue weighted by molar-refractivity contribution is 5.79. The molecule has 0 unspecified atom stereocenters. The third-order valence-electron chi connectivity index (χ3n) is 3.79. The average molecular weight is 332 g/mol. The maximum Gasteiger partial charge on any atom is 0.191 e. The van der Waals surface area contributed by atoms with Gasteiger partial charge in [0.15, 0.2) is 5.96 Å². The van der Waals surface area contributed by atoms with E-state index in [0.717, 1.165) is 36.9 Å². The van der Waals surface area contributed by atoms with Crippen LogP contribution in [0.25, 0.3) is 0 Å². The number of aliphatic imine (C=N–C) groups is 1. The second kappa shape index (κ2) is 8.90. The molecule has 6 nitrogen and oxygen atoms in total. The Morgan fingerprint density at radius 1 is 1.33 bits per heavy atom. The van der Waals surface area contributed by atoms with E-state index >= 15 is 0 Å². The van der Waals surface area contributed by atoms with Crippen molar-refractivity contribution in [3.63, 3.8) is 0 Å². The zero-order valence-electron chi connectivity index (χ0n) is 14.5. The van der Waals surface area contributed by atoms with Crippen molar-refractivity contribution in [1.82, 2.24) is 20.4 Å². The molecule has 0 bridgehead atoms. The summed E-state index contributed by atoms with van der Waals surface area (Å²) in [6.07, 6.45) is 2.69. The number of halogens is 1. The predicted octanol–water partition coefficient (Wildman–Crippen LogP) is 1.75. The lowest BCUT2D eigenvalue weighted by molar-refractivity contribution is 0.626. The van der Waals surface area contributed by atoms with E-state index in [2.05, 4.69) is 20.7 Å². The van der Waals surface area contributed by atoms with Crippen molar-refractivity contribution >= 4 is 11.6 Å². The molecule has 0 spiro atoms. The topological polar surface area (TPSA) is 57.5 Å².